The highest BCUT2D eigenvalue weighted by Crippen LogP contribution is 2.21. The highest BCUT2D eigenvalue weighted by Gasteiger charge is 2.21. The summed E-state index contributed by atoms with van der Waals surface area (Å²) in [4.78, 5) is 17.5. The van der Waals surface area contributed by atoms with Gasteiger partial charge in [0.2, 0.25) is 0 Å². The van der Waals surface area contributed by atoms with Gasteiger partial charge in [0.1, 0.15) is 0 Å². The van der Waals surface area contributed by atoms with Crippen LogP contribution >= 0.6 is 15.9 Å². The Morgan fingerprint density at radius 2 is 2.25 bits per heavy atom. The van der Waals surface area contributed by atoms with E-state index in [4.69, 9.17) is 4.84 Å². The van der Waals surface area contributed by atoms with Gasteiger partial charge in [0.15, 0.2) is 0 Å². The fourth-order valence-electron chi connectivity index (χ4n) is 1.73. The van der Waals surface area contributed by atoms with Crippen molar-refractivity contribution in [1.29, 1.82) is 0 Å². The predicted octanol–water partition coefficient (Wildman–Crippen LogP) is 2.93. The summed E-state index contributed by atoms with van der Waals surface area (Å²) in [5.41, 5.74) is 1.66. The molecule has 0 N–H and O–H groups in total. The van der Waals surface area contributed by atoms with Gasteiger partial charge in [0.25, 0.3) is 5.91 Å². The number of hydroxylamine groups is 2. The second-order valence-electron chi connectivity index (χ2n) is 3.86. The fraction of sp³-hybridized carbons (Fsp3) is 0.417. The van der Waals surface area contributed by atoms with Crippen LogP contribution in [0.25, 0.3) is 0 Å². The van der Waals surface area contributed by atoms with Crippen LogP contribution in [0, 0.1) is 6.92 Å². The molecule has 0 unspecified atom stereocenters. The molecule has 2 rings (SSSR count). The molecule has 1 fully saturated rings. The van der Waals surface area contributed by atoms with E-state index < -0.39 is 0 Å². The van der Waals surface area contributed by atoms with E-state index in [1.807, 2.05) is 25.1 Å². The summed E-state index contributed by atoms with van der Waals surface area (Å²) in [6, 6.07) is 5.64. The lowest BCUT2D eigenvalue weighted by atomic mass is 10.1. The van der Waals surface area contributed by atoms with E-state index in [9.17, 15) is 4.79 Å². The largest absolute Gasteiger partial charge is 0.277 e. The third-order valence-electron chi connectivity index (χ3n) is 2.73. The van der Waals surface area contributed by atoms with Gasteiger partial charge in [-0.3, -0.25) is 9.63 Å². The third-order valence-corrected chi connectivity index (χ3v) is 3.59. The molecule has 0 aliphatic carbocycles. The van der Waals surface area contributed by atoms with Gasteiger partial charge in [-0.15, -0.1) is 0 Å². The Labute approximate surface area is 103 Å². The van der Waals surface area contributed by atoms with Gasteiger partial charge in [0, 0.05) is 16.6 Å². The zero-order valence-corrected chi connectivity index (χ0v) is 10.8. The van der Waals surface area contributed by atoms with Crippen molar-refractivity contribution in [2.75, 3.05) is 13.2 Å². The van der Waals surface area contributed by atoms with Crippen LogP contribution in [0.5, 0.6) is 0 Å². The van der Waals surface area contributed by atoms with Crippen LogP contribution in [0.1, 0.15) is 28.8 Å². The van der Waals surface area contributed by atoms with E-state index in [0.717, 1.165) is 22.9 Å². The number of hydrogen-bond donors (Lipinski definition) is 0. The lowest BCUT2D eigenvalue weighted by Crippen LogP contribution is -2.36. The molecule has 16 heavy (non-hydrogen) atoms. The van der Waals surface area contributed by atoms with Gasteiger partial charge in [-0.25, -0.2) is 5.06 Å². The summed E-state index contributed by atoms with van der Waals surface area (Å²) in [5, 5.41) is 1.47. The summed E-state index contributed by atoms with van der Waals surface area (Å²) in [6.07, 6.45) is 2.04. The highest BCUT2D eigenvalue weighted by atomic mass is 79.9. The quantitative estimate of drug-likeness (QED) is 0.793. The number of rotatable bonds is 1. The van der Waals surface area contributed by atoms with Crippen molar-refractivity contribution in [2.24, 2.45) is 0 Å². The van der Waals surface area contributed by atoms with Crippen LogP contribution in [0.4, 0.5) is 0 Å². The lowest BCUT2D eigenvalue weighted by Gasteiger charge is -2.26. The minimum atomic E-state index is -0.0431. The molecule has 1 aliphatic rings. The number of carbonyl (C=O) groups is 1. The van der Waals surface area contributed by atoms with E-state index in [0.29, 0.717) is 18.7 Å². The molecule has 0 radical (unpaired) electrons. The van der Waals surface area contributed by atoms with Crippen molar-refractivity contribution in [2.45, 2.75) is 19.8 Å². The van der Waals surface area contributed by atoms with Crippen molar-refractivity contribution >= 4 is 21.8 Å². The van der Waals surface area contributed by atoms with Crippen LogP contribution in [0.15, 0.2) is 22.7 Å². The monoisotopic (exact) mass is 283 g/mol. The molecule has 0 bridgehead atoms. The second kappa shape index (κ2) is 4.97. The summed E-state index contributed by atoms with van der Waals surface area (Å²) >= 11 is 3.43. The molecular formula is C12H14BrNO2. The topological polar surface area (TPSA) is 29.5 Å². The molecular weight excluding hydrogens is 270 g/mol. The maximum atomic E-state index is 12.2. The lowest BCUT2D eigenvalue weighted by molar-refractivity contribution is -0.144. The van der Waals surface area contributed by atoms with Gasteiger partial charge in [-0.1, -0.05) is 22.0 Å². The van der Waals surface area contributed by atoms with Crippen LogP contribution in [-0.4, -0.2) is 24.1 Å². The summed E-state index contributed by atoms with van der Waals surface area (Å²) in [5.74, 6) is -0.0431. The van der Waals surface area contributed by atoms with Crippen molar-refractivity contribution in [3.8, 4) is 0 Å². The van der Waals surface area contributed by atoms with Gasteiger partial charge in [-0.2, -0.15) is 0 Å². The maximum absolute atomic E-state index is 12.2. The highest BCUT2D eigenvalue weighted by molar-refractivity contribution is 9.10. The average molecular weight is 284 g/mol. The van der Waals surface area contributed by atoms with Gasteiger partial charge < -0.3 is 0 Å². The zero-order chi connectivity index (χ0) is 11.5. The maximum Gasteiger partial charge on any atom is 0.277 e. The summed E-state index contributed by atoms with van der Waals surface area (Å²) in [6.45, 7) is 3.25. The van der Waals surface area contributed by atoms with Gasteiger partial charge >= 0.3 is 0 Å². The third kappa shape index (κ3) is 2.28. The number of halogens is 1. The molecule has 0 aromatic heterocycles. The number of benzene rings is 1. The van der Waals surface area contributed by atoms with Crippen LogP contribution < -0.4 is 0 Å². The zero-order valence-electron chi connectivity index (χ0n) is 9.20. The molecule has 3 nitrogen and oxygen atoms in total. The Hall–Kier alpha value is -0.870. The molecule has 86 valence electrons. The first-order valence-electron chi connectivity index (χ1n) is 5.40. The van der Waals surface area contributed by atoms with Crippen molar-refractivity contribution < 1.29 is 9.63 Å². The van der Waals surface area contributed by atoms with Crippen molar-refractivity contribution in [3.05, 3.63) is 33.8 Å². The number of carbonyl (C=O) groups excluding carboxylic acids is 1. The number of nitrogens with zero attached hydrogens (tertiary/aromatic N) is 1. The van der Waals surface area contributed by atoms with E-state index in [1.165, 1.54) is 5.06 Å². The molecule has 1 aliphatic heterocycles. The van der Waals surface area contributed by atoms with Crippen LogP contribution in [-0.2, 0) is 4.84 Å². The Morgan fingerprint density at radius 3 is 2.94 bits per heavy atom. The molecule has 0 saturated carbocycles. The molecule has 1 amide bonds. The number of hydrogen-bond acceptors (Lipinski definition) is 2. The first-order chi connectivity index (χ1) is 7.70. The van der Waals surface area contributed by atoms with E-state index in [1.54, 1.807) is 0 Å². The van der Waals surface area contributed by atoms with Crippen molar-refractivity contribution in [1.82, 2.24) is 5.06 Å². The Balaban J connectivity index is 2.22. The standard InChI is InChI=1S/C12H14BrNO2/c1-9-10(5-4-6-11(9)13)12(15)14-7-2-3-8-16-14/h4-6H,2-3,7-8H2,1H3. The molecule has 1 aromatic rings. The first-order valence-corrected chi connectivity index (χ1v) is 6.19. The molecule has 1 saturated heterocycles. The molecule has 0 atom stereocenters. The molecule has 1 aromatic carbocycles. The van der Waals surface area contributed by atoms with E-state index in [2.05, 4.69) is 15.9 Å². The molecule has 1 heterocycles. The van der Waals surface area contributed by atoms with E-state index in [-0.39, 0.29) is 5.91 Å². The van der Waals surface area contributed by atoms with Crippen LogP contribution in [0.2, 0.25) is 0 Å². The second-order valence-corrected chi connectivity index (χ2v) is 4.71. The molecule has 4 heteroatoms. The number of amides is 1. The summed E-state index contributed by atoms with van der Waals surface area (Å²) in [7, 11) is 0. The molecule has 0 spiro atoms. The Morgan fingerprint density at radius 1 is 1.44 bits per heavy atom. The minimum absolute atomic E-state index is 0.0431. The Kier molecular flexibility index (Phi) is 3.61. The minimum Gasteiger partial charge on any atom is -0.271 e. The van der Waals surface area contributed by atoms with Crippen molar-refractivity contribution in [3.63, 3.8) is 0 Å². The summed E-state index contributed by atoms with van der Waals surface area (Å²) < 4.78 is 0.954. The Bertz CT molecular complexity index is 400. The average Bonchev–Trinajstić information content (AvgIpc) is 2.33. The predicted molar refractivity (Wildman–Crippen MR) is 65.1 cm³/mol. The SMILES string of the molecule is Cc1c(Br)cccc1C(=O)N1CCCCO1. The fourth-order valence-corrected chi connectivity index (χ4v) is 2.10. The van der Waals surface area contributed by atoms with E-state index >= 15 is 0 Å². The van der Waals surface area contributed by atoms with Gasteiger partial charge in [0.05, 0.1) is 6.61 Å². The smallest absolute Gasteiger partial charge is 0.271 e. The normalized spacial score (nSPS) is 16.2. The van der Waals surface area contributed by atoms with Crippen LogP contribution in [0.3, 0.4) is 0 Å². The van der Waals surface area contributed by atoms with Gasteiger partial charge in [-0.05, 0) is 37.5 Å². The first kappa shape index (κ1) is 11.6.